The van der Waals surface area contributed by atoms with Gasteiger partial charge in [-0.3, -0.25) is 10.1 Å². The van der Waals surface area contributed by atoms with Gasteiger partial charge in [-0.1, -0.05) is 67.3 Å². The highest BCUT2D eigenvalue weighted by molar-refractivity contribution is 8.01. The number of rotatable bonds is 7. The molecular formula is C15H19N3OS3. The van der Waals surface area contributed by atoms with Crippen LogP contribution in [0.1, 0.15) is 26.3 Å². The first-order valence-corrected chi connectivity index (χ1v) is 9.75. The Morgan fingerprint density at radius 3 is 2.64 bits per heavy atom. The molecule has 0 spiro atoms. The second-order valence-electron chi connectivity index (χ2n) is 4.97. The molecule has 0 fully saturated rings. The molecule has 4 nitrogen and oxygen atoms in total. The smallest absolute Gasteiger partial charge is 0.239 e. The molecule has 0 aliphatic heterocycles. The third-order valence-corrected chi connectivity index (χ3v) is 5.83. The van der Waals surface area contributed by atoms with Gasteiger partial charge in [0.25, 0.3) is 0 Å². The molecule has 0 saturated carbocycles. The fourth-order valence-corrected chi connectivity index (χ4v) is 4.41. The normalized spacial score (nSPS) is 12.4. The third-order valence-electron chi connectivity index (χ3n) is 2.69. The van der Waals surface area contributed by atoms with Gasteiger partial charge in [0.2, 0.25) is 11.0 Å². The van der Waals surface area contributed by atoms with Crippen LogP contribution in [0.5, 0.6) is 0 Å². The average Bonchev–Trinajstić information content (AvgIpc) is 2.92. The van der Waals surface area contributed by atoms with Crippen molar-refractivity contribution in [2.24, 2.45) is 0 Å². The Labute approximate surface area is 143 Å². The van der Waals surface area contributed by atoms with E-state index >= 15 is 0 Å². The van der Waals surface area contributed by atoms with Crippen molar-refractivity contribution < 1.29 is 4.79 Å². The Bertz CT molecular complexity index is 601. The number of amides is 1. The molecule has 0 aliphatic carbocycles. The lowest BCUT2D eigenvalue weighted by atomic mass is 10.2. The first-order chi connectivity index (χ1) is 10.5. The summed E-state index contributed by atoms with van der Waals surface area (Å²) in [6.45, 7) is 6.12. The van der Waals surface area contributed by atoms with Crippen molar-refractivity contribution in [3.8, 4) is 0 Å². The molecule has 7 heteroatoms. The summed E-state index contributed by atoms with van der Waals surface area (Å²) in [5.41, 5.74) is 1.22. The summed E-state index contributed by atoms with van der Waals surface area (Å²) < 4.78 is 0.884. The lowest BCUT2D eigenvalue weighted by molar-refractivity contribution is -0.115. The number of hydrogen-bond acceptors (Lipinski definition) is 6. The lowest BCUT2D eigenvalue weighted by Gasteiger charge is -2.10. The van der Waals surface area contributed by atoms with E-state index in [4.69, 9.17) is 0 Å². The maximum Gasteiger partial charge on any atom is 0.239 e. The van der Waals surface area contributed by atoms with Gasteiger partial charge in [-0.2, -0.15) is 0 Å². The van der Waals surface area contributed by atoms with Gasteiger partial charge in [0, 0.05) is 11.0 Å². The van der Waals surface area contributed by atoms with E-state index in [1.807, 2.05) is 25.1 Å². The first-order valence-electron chi connectivity index (χ1n) is 7.01. The van der Waals surface area contributed by atoms with Crippen LogP contribution < -0.4 is 5.32 Å². The van der Waals surface area contributed by atoms with E-state index in [2.05, 4.69) is 41.5 Å². The van der Waals surface area contributed by atoms with E-state index in [0.717, 1.165) is 10.1 Å². The summed E-state index contributed by atoms with van der Waals surface area (Å²) in [7, 11) is 0. The zero-order chi connectivity index (χ0) is 15.9. The summed E-state index contributed by atoms with van der Waals surface area (Å²) in [5.74, 6) is 0.790. The van der Waals surface area contributed by atoms with Crippen molar-refractivity contribution in [1.29, 1.82) is 0 Å². The molecule has 0 radical (unpaired) electrons. The molecule has 1 unspecified atom stereocenters. The van der Waals surface area contributed by atoms with Crippen molar-refractivity contribution >= 4 is 45.9 Å². The predicted octanol–water partition coefficient (Wildman–Crippen LogP) is 4.30. The van der Waals surface area contributed by atoms with E-state index in [-0.39, 0.29) is 11.2 Å². The molecule has 0 saturated heterocycles. The number of aromatic nitrogens is 2. The summed E-state index contributed by atoms with van der Waals surface area (Å²) in [6, 6.07) is 10.1. The Morgan fingerprint density at radius 1 is 1.23 bits per heavy atom. The number of benzene rings is 1. The van der Waals surface area contributed by atoms with E-state index in [1.54, 1.807) is 23.5 Å². The first kappa shape index (κ1) is 17.3. The largest absolute Gasteiger partial charge is 0.300 e. The van der Waals surface area contributed by atoms with Gasteiger partial charge in [0.1, 0.15) is 0 Å². The standard InChI is InChI=1S/C15H19N3OS3/c1-10(2)21-15-18-17-14(22-15)16-13(19)11(3)20-9-12-7-5-4-6-8-12/h4-8,10-11H,9H2,1-3H3,(H,16,17,19). The van der Waals surface area contributed by atoms with Crippen LogP contribution in [0.15, 0.2) is 34.7 Å². The van der Waals surface area contributed by atoms with Crippen LogP contribution in [0.4, 0.5) is 5.13 Å². The summed E-state index contributed by atoms with van der Waals surface area (Å²) in [5, 5.41) is 11.8. The van der Waals surface area contributed by atoms with Gasteiger partial charge in [-0.15, -0.1) is 22.0 Å². The van der Waals surface area contributed by atoms with E-state index < -0.39 is 0 Å². The van der Waals surface area contributed by atoms with Crippen molar-refractivity contribution in [2.75, 3.05) is 5.32 Å². The van der Waals surface area contributed by atoms with Crippen LogP contribution in [0, 0.1) is 0 Å². The van der Waals surface area contributed by atoms with Crippen molar-refractivity contribution in [2.45, 2.75) is 41.4 Å². The molecular weight excluding hydrogens is 334 g/mol. The molecule has 1 amide bonds. The number of anilines is 1. The molecule has 1 aromatic carbocycles. The molecule has 0 aliphatic rings. The minimum Gasteiger partial charge on any atom is -0.300 e. The van der Waals surface area contributed by atoms with Crippen LogP contribution in [0.3, 0.4) is 0 Å². The minimum atomic E-state index is -0.134. The zero-order valence-corrected chi connectivity index (χ0v) is 15.2. The van der Waals surface area contributed by atoms with E-state index in [9.17, 15) is 4.79 Å². The van der Waals surface area contributed by atoms with Gasteiger partial charge in [-0.05, 0) is 12.5 Å². The van der Waals surface area contributed by atoms with Gasteiger partial charge in [0.15, 0.2) is 4.34 Å². The quantitative estimate of drug-likeness (QED) is 0.594. The number of nitrogens with zero attached hydrogens (tertiary/aromatic N) is 2. The zero-order valence-electron chi connectivity index (χ0n) is 12.8. The summed E-state index contributed by atoms with van der Waals surface area (Å²) >= 11 is 4.69. The monoisotopic (exact) mass is 353 g/mol. The van der Waals surface area contributed by atoms with Crippen LogP contribution in [0.25, 0.3) is 0 Å². The lowest BCUT2D eigenvalue weighted by Crippen LogP contribution is -2.22. The van der Waals surface area contributed by atoms with Gasteiger partial charge in [-0.25, -0.2) is 0 Å². The van der Waals surface area contributed by atoms with Crippen molar-refractivity contribution in [3.05, 3.63) is 35.9 Å². The molecule has 118 valence electrons. The number of carbonyl (C=O) groups is 1. The Kier molecular flexibility index (Phi) is 6.72. The number of carbonyl (C=O) groups excluding carboxylic acids is 1. The predicted molar refractivity (Wildman–Crippen MR) is 96.7 cm³/mol. The minimum absolute atomic E-state index is 0.0295. The molecule has 1 aromatic heterocycles. The van der Waals surface area contributed by atoms with E-state index in [0.29, 0.717) is 10.4 Å². The van der Waals surface area contributed by atoms with Crippen LogP contribution >= 0.6 is 34.9 Å². The van der Waals surface area contributed by atoms with Crippen LogP contribution in [-0.4, -0.2) is 26.6 Å². The number of hydrogen-bond donors (Lipinski definition) is 1. The summed E-state index contributed by atoms with van der Waals surface area (Å²) in [6.07, 6.45) is 0. The maximum absolute atomic E-state index is 12.2. The van der Waals surface area contributed by atoms with Crippen molar-refractivity contribution in [3.63, 3.8) is 0 Å². The average molecular weight is 354 g/mol. The van der Waals surface area contributed by atoms with Crippen LogP contribution in [-0.2, 0) is 10.5 Å². The highest BCUT2D eigenvalue weighted by atomic mass is 32.2. The molecule has 1 N–H and O–H groups in total. The second-order valence-corrected chi connectivity index (χ2v) is 9.10. The molecule has 1 atom stereocenters. The molecule has 2 aromatic rings. The summed E-state index contributed by atoms with van der Waals surface area (Å²) in [4.78, 5) is 12.2. The number of nitrogens with one attached hydrogen (secondary N) is 1. The van der Waals surface area contributed by atoms with Gasteiger partial charge < -0.3 is 0 Å². The van der Waals surface area contributed by atoms with Gasteiger partial charge in [0.05, 0.1) is 5.25 Å². The second kappa shape index (κ2) is 8.55. The molecule has 22 heavy (non-hydrogen) atoms. The van der Waals surface area contributed by atoms with Crippen LogP contribution in [0.2, 0.25) is 0 Å². The highest BCUT2D eigenvalue weighted by Gasteiger charge is 2.16. The SMILES string of the molecule is CC(C)Sc1nnc(NC(=O)C(C)SCc2ccccc2)s1. The maximum atomic E-state index is 12.2. The fraction of sp³-hybridized carbons (Fsp3) is 0.400. The van der Waals surface area contributed by atoms with Gasteiger partial charge >= 0.3 is 0 Å². The Morgan fingerprint density at radius 2 is 1.95 bits per heavy atom. The van der Waals surface area contributed by atoms with Crippen molar-refractivity contribution in [1.82, 2.24) is 10.2 Å². The molecule has 0 bridgehead atoms. The molecule has 2 rings (SSSR count). The molecule has 1 heterocycles. The third kappa shape index (κ3) is 5.62. The van der Waals surface area contributed by atoms with E-state index in [1.165, 1.54) is 16.9 Å². The topological polar surface area (TPSA) is 54.9 Å². The number of thioether (sulfide) groups is 2. The Balaban J connectivity index is 1.82. The Hall–Kier alpha value is -1.05. The highest BCUT2D eigenvalue weighted by Crippen LogP contribution is 2.29. The fourth-order valence-electron chi connectivity index (χ4n) is 1.59.